The number of aliphatic hydroxyl groups excluding tert-OH is 1. The number of hydrogen-bond donors (Lipinski definition) is 2. The minimum absolute atomic E-state index is 0. The van der Waals surface area contributed by atoms with Crippen molar-refractivity contribution >= 4 is 30.5 Å². The van der Waals surface area contributed by atoms with Crippen molar-refractivity contribution in [2.24, 2.45) is 0 Å². The van der Waals surface area contributed by atoms with Gasteiger partial charge in [-0.1, -0.05) is 42.5 Å². The Labute approximate surface area is 168 Å². The molecule has 2 aliphatic heterocycles. The third kappa shape index (κ3) is 3.72. The van der Waals surface area contributed by atoms with Crippen molar-refractivity contribution in [3.8, 4) is 0 Å². The van der Waals surface area contributed by atoms with E-state index in [4.69, 9.17) is 0 Å². The third-order valence-electron chi connectivity index (χ3n) is 5.67. The number of nitrogens with zero attached hydrogens (tertiary/aromatic N) is 1. The molecule has 0 radical (unpaired) electrons. The molecule has 1 spiro atoms. The number of anilines is 1. The lowest BCUT2D eigenvalue weighted by atomic mass is 9.72. The largest absolute Gasteiger partial charge is 0.389 e. The van der Waals surface area contributed by atoms with Crippen molar-refractivity contribution < 1.29 is 5.11 Å². The second kappa shape index (κ2) is 8.62. The Morgan fingerprint density at radius 1 is 1.04 bits per heavy atom. The van der Waals surface area contributed by atoms with Crippen LogP contribution in [0.3, 0.4) is 0 Å². The average molecular weight is 395 g/mol. The molecule has 0 aromatic heterocycles. The number of nitrogens with one attached hydrogen (secondary N) is 1. The van der Waals surface area contributed by atoms with Crippen LogP contribution in [-0.4, -0.2) is 24.7 Å². The van der Waals surface area contributed by atoms with Crippen LogP contribution in [0.15, 0.2) is 48.5 Å². The summed E-state index contributed by atoms with van der Waals surface area (Å²) in [6.07, 6.45) is 1.88. The fraction of sp³-hybridized carbons (Fsp3) is 0.429. The van der Waals surface area contributed by atoms with Crippen LogP contribution in [0.5, 0.6) is 0 Å². The van der Waals surface area contributed by atoms with Crippen LogP contribution in [0.1, 0.15) is 42.6 Å². The lowest BCUT2D eigenvalue weighted by molar-refractivity contribution is 0.194. The quantitative estimate of drug-likeness (QED) is 0.817. The second-order valence-corrected chi connectivity index (χ2v) is 7.29. The van der Waals surface area contributed by atoms with Gasteiger partial charge in [0.2, 0.25) is 0 Å². The van der Waals surface area contributed by atoms with Gasteiger partial charge < -0.3 is 15.3 Å². The number of aliphatic hydroxyl groups is 1. The fourth-order valence-electron chi connectivity index (χ4n) is 4.53. The first-order chi connectivity index (χ1) is 11.7. The summed E-state index contributed by atoms with van der Waals surface area (Å²) in [5.74, 6) is 0. The zero-order valence-electron chi connectivity index (χ0n) is 15.1. The van der Waals surface area contributed by atoms with Gasteiger partial charge in [0.05, 0.1) is 6.10 Å². The van der Waals surface area contributed by atoms with Gasteiger partial charge in [0.1, 0.15) is 0 Å². The van der Waals surface area contributed by atoms with Crippen LogP contribution in [0.25, 0.3) is 0 Å². The smallest absolute Gasteiger partial charge is 0.0765 e. The van der Waals surface area contributed by atoms with Gasteiger partial charge in [-0.2, -0.15) is 0 Å². The van der Waals surface area contributed by atoms with Crippen molar-refractivity contribution in [1.29, 1.82) is 0 Å². The molecule has 2 heterocycles. The van der Waals surface area contributed by atoms with Crippen LogP contribution >= 0.6 is 24.8 Å². The minimum atomic E-state index is -0.414. The van der Waals surface area contributed by atoms with Crippen LogP contribution in [0.4, 0.5) is 5.69 Å². The molecular weight excluding hydrogens is 367 g/mol. The summed E-state index contributed by atoms with van der Waals surface area (Å²) in [6, 6.07) is 17.1. The number of piperidine rings is 1. The van der Waals surface area contributed by atoms with Crippen molar-refractivity contribution in [2.75, 3.05) is 24.5 Å². The van der Waals surface area contributed by atoms with Gasteiger partial charge >= 0.3 is 0 Å². The monoisotopic (exact) mass is 394 g/mol. The molecule has 1 atom stereocenters. The molecule has 4 rings (SSSR count). The molecule has 2 aliphatic rings. The number of rotatable bonds is 3. The Morgan fingerprint density at radius 3 is 2.38 bits per heavy atom. The predicted molar refractivity (Wildman–Crippen MR) is 113 cm³/mol. The predicted octanol–water partition coefficient (Wildman–Crippen LogP) is 4.22. The third-order valence-corrected chi connectivity index (χ3v) is 5.67. The van der Waals surface area contributed by atoms with Gasteiger partial charge in [0.25, 0.3) is 0 Å². The molecule has 1 saturated heterocycles. The van der Waals surface area contributed by atoms with E-state index in [0.29, 0.717) is 0 Å². The Hall–Kier alpha value is -1.26. The van der Waals surface area contributed by atoms with E-state index in [-0.39, 0.29) is 30.2 Å². The molecule has 1 unspecified atom stereocenters. The highest BCUT2D eigenvalue weighted by molar-refractivity contribution is 5.85. The zero-order chi connectivity index (χ0) is 16.6. The number of halogens is 2. The van der Waals surface area contributed by atoms with E-state index in [1.54, 1.807) is 0 Å². The summed E-state index contributed by atoms with van der Waals surface area (Å²) in [6.45, 7) is 6.01. The molecule has 2 aromatic carbocycles. The molecular formula is C21H28Cl2N2O. The van der Waals surface area contributed by atoms with E-state index in [0.717, 1.165) is 44.6 Å². The van der Waals surface area contributed by atoms with Crippen LogP contribution in [-0.2, 0) is 12.0 Å². The molecule has 2 N–H and O–H groups in total. The highest BCUT2D eigenvalue weighted by Gasteiger charge is 2.45. The van der Waals surface area contributed by atoms with E-state index < -0.39 is 6.10 Å². The van der Waals surface area contributed by atoms with Crippen LogP contribution in [0.2, 0.25) is 0 Å². The topological polar surface area (TPSA) is 35.5 Å². The molecule has 5 heteroatoms. The molecule has 142 valence electrons. The number of fused-ring (bicyclic) bond motifs is 2. The summed E-state index contributed by atoms with van der Waals surface area (Å²) >= 11 is 0. The minimum Gasteiger partial charge on any atom is -0.389 e. The van der Waals surface area contributed by atoms with Crippen molar-refractivity contribution in [1.82, 2.24) is 5.32 Å². The van der Waals surface area contributed by atoms with E-state index in [9.17, 15) is 5.11 Å². The van der Waals surface area contributed by atoms with Crippen LogP contribution in [0, 0.1) is 0 Å². The van der Waals surface area contributed by atoms with Gasteiger partial charge in [-0.25, -0.2) is 0 Å². The van der Waals surface area contributed by atoms with Gasteiger partial charge in [0, 0.05) is 24.2 Å². The van der Waals surface area contributed by atoms with Crippen LogP contribution < -0.4 is 10.2 Å². The van der Waals surface area contributed by atoms with Gasteiger partial charge in [-0.15, -0.1) is 24.8 Å². The number of hydrogen-bond acceptors (Lipinski definition) is 3. The summed E-state index contributed by atoms with van der Waals surface area (Å²) in [4.78, 5) is 2.52. The van der Waals surface area contributed by atoms with Crippen molar-refractivity contribution in [2.45, 2.75) is 37.8 Å². The maximum absolute atomic E-state index is 10.3. The molecule has 0 saturated carbocycles. The summed E-state index contributed by atoms with van der Waals surface area (Å²) in [7, 11) is 0. The lowest BCUT2D eigenvalue weighted by Gasteiger charge is -2.36. The van der Waals surface area contributed by atoms with E-state index >= 15 is 0 Å². The highest BCUT2D eigenvalue weighted by atomic mass is 35.5. The fourth-order valence-corrected chi connectivity index (χ4v) is 4.53. The molecule has 0 aliphatic carbocycles. The first-order valence-corrected chi connectivity index (χ1v) is 9.01. The summed E-state index contributed by atoms with van der Waals surface area (Å²) < 4.78 is 0. The Morgan fingerprint density at radius 2 is 1.73 bits per heavy atom. The van der Waals surface area contributed by atoms with Gasteiger partial charge in [-0.3, -0.25) is 0 Å². The average Bonchev–Trinajstić information content (AvgIpc) is 2.90. The maximum Gasteiger partial charge on any atom is 0.0765 e. The van der Waals surface area contributed by atoms with E-state index in [1.807, 2.05) is 6.92 Å². The Bertz CT molecular complexity index is 715. The van der Waals surface area contributed by atoms with Crippen molar-refractivity contribution in [3.05, 3.63) is 65.2 Å². The molecule has 26 heavy (non-hydrogen) atoms. The summed E-state index contributed by atoms with van der Waals surface area (Å²) in [5.41, 5.74) is 5.36. The van der Waals surface area contributed by atoms with Gasteiger partial charge in [-0.05, 0) is 55.6 Å². The number of benzene rings is 2. The summed E-state index contributed by atoms with van der Waals surface area (Å²) in [5, 5.41) is 13.8. The first kappa shape index (κ1) is 21.0. The molecule has 2 aromatic rings. The van der Waals surface area contributed by atoms with E-state index in [1.165, 1.54) is 16.8 Å². The van der Waals surface area contributed by atoms with Crippen molar-refractivity contribution in [3.63, 3.8) is 0 Å². The van der Waals surface area contributed by atoms with E-state index in [2.05, 4.69) is 58.7 Å². The molecule has 0 bridgehead atoms. The Balaban J connectivity index is 0.00000121. The second-order valence-electron chi connectivity index (χ2n) is 7.29. The first-order valence-electron chi connectivity index (χ1n) is 9.01. The lowest BCUT2D eigenvalue weighted by Crippen LogP contribution is -2.43. The normalized spacial score (nSPS) is 18.6. The zero-order valence-corrected chi connectivity index (χ0v) is 16.8. The van der Waals surface area contributed by atoms with Gasteiger partial charge in [0.15, 0.2) is 0 Å². The molecule has 0 amide bonds. The molecule has 1 fully saturated rings. The standard InChI is InChI=1S/C21H26N2O.2ClH/c1-16(24)18-8-5-9-19-20(18)21(10-12-22-13-11-21)15-23(19)14-17-6-3-2-4-7-17;;/h2-9,16,22,24H,10-15H2,1H3;2*1H. The SMILES string of the molecule is CC(O)c1cccc2c1C1(CCNCC1)CN2Cc1ccccc1.Cl.Cl. The Kier molecular flexibility index (Phi) is 6.98. The maximum atomic E-state index is 10.3. The highest BCUT2D eigenvalue weighted by Crippen LogP contribution is 2.49. The molecule has 3 nitrogen and oxygen atoms in total.